The van der Waals surface area contributed by atoms with Gasteiger partial charge in [-0.1, -0.05) is 6.42 Å². The Balaban J connectivity index is 2.12. The highest BCUT2D eigenvalue weighted by Crippen LogP contribution is 2.16. The van der Waals surface area contributed by atoms with Crippen molar-refractivity contribution < 1.29 is 0 Å². The van der Waals surface area contributed by atoms with Crippen LogP contribution in [0.2, 0.25) is 0 Å². The first-order valence-electron chi connectivity index (χ1n) is 6.57. The molecule has 0 aliphatic carbocycles. The van der Waals surface area contributed by atoms with Crippen LogP contribution in [0.4, 0.5) is 0 Å². The molecule has 0 aromatic carbocycles. The van der Waals surface area contributed by atoms with Gasteiger partial charge in [-0.05, 0) is 40.2 Å². The minimum atomic E-state index is 0.338. The van der Waals surface area contributed by atoms with E-state index in [0.717, 1.165) is 5.88 Å². The maximum absolute atomic E-state index is 5.67. The van der Waals surface area contributed by atoms with Crippen molar-refractivity contribution in [3.63, 3.8) is 0 Å². The fourth-order valence-corrected chi connectivity index (χ4v) is 2.44. The average molecular weight is 247 g/mol. The van der Waals surface area contributed by atoms with Gasteiger partial charge in [0.15, 0.2) is 0 Å². The van der Waals surface area contributed by atoms with Gasteiger partial charge in [-0.3, -0.25) is 4.90 Å². The molecule has 0 aromatic heterocycles. The summed E-state index contributed by atoms with van der Waals surface area (Å²) in [4.78, 5) is 5.18. The number of rotatable bonds is 5. The number of hydrogen-bond acceptors (Lipinski definition) is 2. The van der Waals surface area contributed by atoms with Crippen LogP contribution in [0, 0.1) is 0 Å². The molecule has 0 radical (unpaired) electrons. The summed E-state index contributed by atoms with van der Waals surface area (Å²) in [6.45, 7) is 13.1. The molecule has 0 bridgehead atoms. The van der Waals surface area contributed by atoms with Gasteiger partial charge >= 0.3 is 0 Å². The number of halogens is 1. The van der Waals surface area contributed by atoms with E-state index in [9.17, 15) is 0 Å². The van der Waals surface area contributed by atoms with Gasteiger partial charge in [0.25, 0.3) is 0 Å². The Bertz CT molecular complexity index is 181. The number of piperazine rings is 1. The molecule has 96 valence electrons. The fourth-order valence-electron chi connectivity index (χ4n) is 2.25. The van der Waals surface area contributed by atoms with Crippen molar-refractivity contribution in [3.8, 4) is 0 Å². The molecule has 1 heterocycles. The van der Waals surface area contributed by atoms with Gasteiger partial charge in [0, 0.05) is 37.6 Å². The van der Waals surface area contributed by atoms with Crippen LogP contribution in [0.5, 0.6) is 0 Å². The molecule has 16 heavy (non-hydrogen) atoms. The molecule has 0 amide bonds. The second-order valence-corrected chi connectivity index (χ2v) is 6.13. The summed E-state index contributed by atoms with van der Waals surface area (Å²) in [6.07, 6.45) is 3.76. The highest BCUT2D eigenvalue weighted by atomic mass is 35.5. The molecule has 0 saturated carbocycles. The Kier molecular flexibility index (Phi) is 6.09. The summed E-state index contributed by atoms with van der Waals surface area (Å²) in [6, 6.07) is 0. The van der Waals surface area contributed by atoms with Crippen LogP contribution in [-0.2, 0) is 0 Å². The number of alkyl halides is 1. The summed E-state index contributed by atoms with van der Waals surface area (Å²) < 4.78 is 0. The summed E-state index contributed by atoms with van der Waals surface area (Å²) in [5.74, 6) is 0.817. The third-order valence-electron chi connectivity index (χ3n) is 3.43. The molecule has 3 heteroatoms. The van der Waals surface area contributed by atoms with Gasteiger partial charge in [-0.15, -0.1) is 11.6 Å². The largest absolute Gasteiger partial charge is 0.301 e. The molecule has 1 rings (SSSR count). The van der Waals surface area contributed by atoms with Crippen molar-refractivity contribution in [1.82, 2.24) is 9.80 Å². The van der Waals surface area contributed by atoms with E-state index < -0.39 is 0 Å². The first-order chi connectivity index (χ1) is 7.54. The smallest absolute Gasteiger partial charge is 0.0223 e. The Morgan fingerprint density at radius 1 is 0.938 bits per heavy atom. The summed E-state index contributed by atoms with van der Waals surface area (Å²) in [5, 5.41) is 0. The fraction of sp³-hybridized carbons (Fsp3) is 1.00. The SMILES string of the molecule is CC(C)(C)N1CCN(CCCCCCl)CC1. The zero-order valence-electron chi connectivity index (χ0n) is 11.1. The topological polar surface area (TPSA) is 6.48 Å². The molecule has 0 unspecified atom stereocenters. The summed E-state index contributed by atoms with van der Waals surface area (Å²) in [5.41, 5.74) is 0.338. The quantitative estimate of drug-likeness (QED) is 0.544. The van der Waals surface area contributed by atoms with E-state index in [1.165, 1.54) is 52.0 Å². The molecule has 1 aliphatic rings. The van der Waals surface area contributed by atoms with E-state index in [1.54, 1.807) is 0 Å². The zero-order chi connectivity index (χ0) is 12.0. The molecule has 0 aromatic rings. The molecule has 2 nitrogen and oxygen atoms in total. The highest BCUT2D eigenvalue weighted by molar-refractivity contribution is 6.17. The third kappa shape index (κ3) is 5.03. The molecule has 0 atom stereocenters. The van der Waals surface area contributed by atoms with E-state index in [4.69, 9.17) is 11.6 Å². The van der Waals surface area contributed by atoms with E-state index in [2.05, 4.69) is 30.6 Å². The van der Waals surface area contributed by atoms with Crippen molar-refractivity contribution >= 4 is 11.6 Å². The standard InChI is InChI=1S/C13H27ClN2/c1-13(2,3)16-11-9-15(10-12-16)8-6-4-5-7-14/h4-12H2,1-3H3. The number of unbranched alkanes of at least 4 members (excludes halogenated alkanes) is 2. The summed E-state index contributed by atoms with van der Waals surface area (Å²) >= 11 is 5.67. The molecule has 0 N–H and O–H groups in total. The van der Waals surface area contributed by atoms with Crippen LogP contribution in [0.1, 0.15) is 40.0 Å². The average Bonchev–Trinajstić information content (AvgIpc) is 2.24. The molecule has 1 saturated heterocycles. The van der Waals surface area contributed by atoms with Crippen LogP contribution < -0.4 is 0 Å². The van der Waals surface area contributed by atoms with Gasteiger partial charge < -0.3 is 4.90 Å². The predicted octanol–water partition coefficient (Wildman–Crippen LogP) is 2.81. The first-order valence-corrected chi connectivity index (χ1v) is 7.11. The Labute approximate surface area is 106 Å². The van der Waals surface area contributed by atoms with E-state index in [0.29, 0.717) is 5.54 Å². The molecule has 1 fully saturated rings. The van der Waals surface area contributed by atoms with Crippen LogP contribution in [0.25, 0.3) is 0 Å². The molecular formula is C13H27ClN2. The predicted molar refractivity (Wildman–Crippen MR) is 72.3 cm³/mol. The van der Waals surface area contributed by atoms with Crippen molar-refractivity contribution in [2.45, 2.75) is 45.6 Å². The minimum absolute atomic E-state index is 0.338. The van der Waals surface area contributed by atoms with Gasteiger partial charge in [-0.25, -0.2) is 0 Å². The van der Waals surface area contributed by atoms with Gasteiger partial charge in [-0.2, -0.15) is 0 Å². The maximum Gasteiger partial charge on any atom is 0.0223 e. The van der Waals surface area contributed by atoms with Crippen LogP contribution in [0.15, 0.2) is 0 Å². The third-order valence-corrected chi connectivity index (χ3v) is 3.70. The second-order valence-electron chi connectivity index (χ2n) is 5.75. The lowest BCUT2D eigenvalue weighted by Crippen LogP contribution is -2.53. The van der Waals surface area contributed by atoms with E-state index in [1.807, 2.05) is 0 Å². The molecule has 1 aliphatic heterocycles. The Morgan fingerprint density at radius 2 is 1.56 bits per heavy atom. The van der Waals surface area contributed by atoms with Crippen LogP contribution in [-0.4, -0.2) is 53.9 Å². The number of hydrogen-bond donors (Lipinski definition) is 0. The maximum atomic E-state index is 5.67. The monoisotopic (exact) mass is 246 g/mol. The van der Waals surface area contributed by atoms with Gasteiger partial charge in [0.2, 0.25) is 0 Å². The molecule has 0 spiro atoms. The van der Waals surface area contributed by atoms with Crippen molar-refractivity contribution in [1.29, 1.82) is 0 Å². The Hall–Kier alpha value is 0.210. The van der Waals surface area contributed by atoms with Gasteiger partial charge in [0.1, 0.15) is 0 Å². The lowest BCUT2D eigenvalue weighted by atomic mass is 10.0. The minimum Gasteiger partial charge on any atom is -0.301 e. The molecular weight excluding hydrogens is 220 g/mol. The lowest BCUT2D eigenvalue weighted by molar-refractivity contribution is 0.0617. The van der Waals surface area contributed by atoms with E-state index >= 15 is 0 Å². The van der Waals surface area contributed by atoms with Crippen LogP contribution >= 0.6 is 11.6 Å². The Morgan fingerprint density at radius 3 is 2.06 bits per heavy atom. The normalized spacial score (nSPS) is 20.2. The van der Waals surface area contributed by atoms with Crippen molar-refractivity contribution in [2.24, 2.45) is 0 Å². The number of nitrogens with zero attached hydrogens (tertiary/aromatic N) is 2. The first kappa shape index (κ1) is 14.3. The second kappa shape index (κ2) is 6.83. The van der Waals surface area contributed by atoms with Crippen molar-refractivity contribution in [3.05, 3.63) is 0 Å². The summed E-state index contributed by atoms with van der Waals surface area (Å²) in [7, 11) is 0. The van der Waals surface area contributed by atoms with Crippen LogP contribution in [0.3, 0.4) is 0 Å². The van der Waals surface area contributed by atoms with Gasteiger partial charge in [0.05, 0.1) is 0 Å². The lowest BCUT2D eigenvalue weighted by Gasteiger charge is -2.42. The van der Waals surface area contributed by atoms with Crippen molar-refractivity contribution in [2.75, 3.05) is 38.6 Å². The zero-order valence-corrected chi connectivity index (χ0v) is 11.9. The van der Waals surface area contributed by atoms with E-state index in [-0.39, 0.29) is 0 Å². The highest BCUT2D eigenvalue weighted by Gasteiger charge is 2.25.